The van der Waals surface area contributed by atoms with Crippen LogP contribution in [0.15, 0.2) is 27.3 Å². The number of amides is 1. The highest BCUT2D eigenvalue weighted by molar-refractivity contribution is 5.96. The average molecular weight is 279 g/mol. The summed E-state index contributed by atoms with van der Waals surface area (Å²) in [6.45, 7) is 3.56. The van der Waals surface area contributed by atoms with Crippen molar-refractivity contribution in [3.05, 3.63) is 45.7 Å². The molecule has 2 heterocycles. The second-order valence-electron chi connectivity index (χ2n) is 4.42. The van der Waals surface area contributed by atoms with Gasteiger partial charge in [-0.15, -0.1) is 0 Å². The van der Waals surface area contributed by atoms with Gasteiger partial charge < -0.3 is 14.3 Å². The molecule has 0 saturated heterocycles. The molecule has 2 aromatic rings. The van der Waals surface area contributed by atoms with Gasteiger partial charge in [-0.05, 0) is 12.1 Å². The molecule has 0 spiro atoms. The maximum atomic E-state index is 11.9. The van der Waals surface area contributed by atoms with Crippen LogP contribution in [0.5, 0.6) is 0 Å². The lowest BCUT2D eigenvalue weighted by atomic mass is 10.1. The second-order valence-corrected chi connectivity index (χ2v) is 4.42. The van der Waals surface area contributed by atoms with Crippen molar-refractivity contribution in [3.63, 3.8) is 0 Å². The van der Waals surface area contributed by atoms with Gasteiger partial charge in [0.2, 0.25) is 11.5 Å². The fraction of sp³-hybridized carbons (Fsp3) is 0.333. The maximum Gasteiger partial charge on any atom is 0.344 e. The number of furan rings is 1. The van der Waals surface area contributed by atoms with Crippen molar-refractivity contribution in [2.45, 2.75) is 26.3 Å². The van der Waals surface area contributed by atoms with E-state index in [0.717, 1.165) is 0 Å². The summed E-state index contributed by atoms with van der Waals surface area (Å²) >= 11 is 0. The molecule has 0 aliphatic heterocycles. The van der Waals surface area contributed by atoms with Gasteiger partial charge in [0.1, 0.15) is 5.76 Å². The van der Waals surface area contributed by atoms with Crippen LogP contribution in [-0.2, 0) is 6.54 Å². The minimum Gasteiger partial charge on any atom is -0.467 e. The summed E-state index contributed by atoms with van der Waals surface area (Å²) in [4.78, 5) is 22.3. The molecule has 106 valence electrons. The minimum absolute atomic E-state index is 0.0816. The number of aromatic nitrogens is 1. The highest BCUT2D eigenvalue weighted by Gasteiger charge is 2.32. The van der Waals surface area contributed by atoms with Crippen molar-refractivity contribution in [2.75, 3.05) is 0 Å². The number of hydrogen-bond acceptors (Lipinski definition) is 6. The topological polar surface area (TPSA) is 111 Å². The first-order chi connectivity index (χ1) is 9.50. The standard InChI is InChI=1S/C12H13N3O5/c1-7(2)11-10(15(17)18)9(14-20-11)12(16)13-6-8-4-3-5-19-8/h3-5,7H,6H2,1-2H3,(H,13,16). The Kier molecular flexibility index (Phi) is 3.83. The van der Waals surface area contributed by atoms with Gasteiger partial charge in [0.25, 0.3) is 5.91 Å². The van der Waals surface area contributed by atoms with E-state index in [1.165, 1.54) is 6.26 Å². The van der Waals surface area contributed by atoms with Gasteiger partial charge in [-0.25, -0.2) is 0 Å². The predicted octanol–water partition coefficient (Wildman–Crippen LogP) is 2.23. The lowest BCUT2D eigenvalue weighted by molar-refractivity contribution is -0.386. The SMILES string of the molecule is CC(C)c1onc(C(=O)NCc2ccco2)c1[N+](=O)[O-]. The average Bonchev–Trinajstić information content (AvgIpc) is 3.04. The van der Waals surface area contributed by atoms with Crippen LogP contribution in [0.1, 0.15) is 41.8 Å². The van der Waals surface area contributed by atoms with Gasteiger partial charge in [0.15, 0.2) is 0 Å². The molecule has 2 aromatic heterocycles. The van der Waals surface area contributed by atoms with Crippen molar-refractivity contribution >= 4 is 11.6 Å². The van der Waals surface area contributed by atoms with Crippen LogP contribution < -0.4 is 5.32 Å². The zero-order valence-electron chi connectivity index (χ0n) is 11.0. The molecule has 0 atom stereocenters. The van der Waals surface area contributed by atoms with E-state index in [4.69, 9.17) is 8.94 Å². The third-order valence-corrected chi connectivity index (χ3v) is 2.62. The summed E-state index contributed by atoms with van der Waals surface area (Å²) in [5.41, 5.74) is -0.720. The van der Waals surface area contributed by atoms with Crippen molar-refractivity contribution in [1.82, 2.24) is 10.5 Å². The van der Waals surface area contributed by atoms with Crippen molar-refractivity contribution in [2.24, 2.45) is 0 Å². The van der Waals surface area contributed by atoms with Gasteiger partial charge in [-0.1, -0.05) is 19.0 Å². The van der Waals surface area contributed by atoms with Gasteiger partial charge in [-0.3, -0.25) is 14.9 Å². The summed E-state index contributed by atoms with van der Waals surface area (Å²) < 4.78 is 9.95. The third-order valence-electron chi connectivity index (χ3n) is 2.62. The van der Waals surface area contributed by atoms with Crippen LogP contribution in [0, 0.1) is 10.1 Å². The summed E-state index contributed by atoms with van der Waals surface area (Å²) in [6, 6.07) is 3.36. The fourth-order valence-electron chi connectivity index (χ4n) is 1.67. The number of carbonyl (C=O) groups excluding carboxylic acids is 1. The van der Waals surface area contributed by atoms with Crippen molar-refractivity contribution in [3.8, 4) is 0 Å². The Morgan fingerprint density at radius 3 is 2.85 bits per heavy atom. The molecule has 2 rings (SSSR count). The lowest BCUT2D eigenvalue weighted by Crippen LogP contribution is -2.23. The molecular weight excluding hydrogens is 266 g/mol. The van der Waals surface area contributed by atoms with Crippen molar-refractivity contribution in [1.29, 1.82) is 0 Å². The van der Waals surface area contributed by atoms with E-state index >= 15 is 0 Å². The molecule has 0 aliphatic rings. The van der Waals surface area contributed by atoms with Crippen LogP contribution >= 0.6 is 0 Å². The van der Waals surface area contributed by atoms with Crippen LogP contribution in [0.3, 0.4) is 0 Å². The zero-order valence-corrected chi connectivity index (χ0v) is 11.0. The second kappa shape index (κ2) is 5.55. The third kappa shape index (κ3) is 2.68. The minimum atomic E-state index is -0.677. The number of hydrogen-bond donors (Lipinski definition) is 1. The molecule has 0 bridgehead atoms. The Morgan fingerprint density at radius 1 is 1.55 bits per heavy atom. The molecule has 8 heteroatoms. The molecule has 1 N–H and O–H groups in total. The number of nitrogens with one attached hydrogen (secondary N) is 1. The Hall–Kier alpha value is -2.64. The van der Waals surface area contributed by atoms with E-state index in [2.05, 4.69) is 10.5 Å². The Bertz CT molecular complexity index is 615. The Labute approximate surface area is 113 Å². The largest absolute Gasteiger partial charge is 0.467 e. The number of rotatable bonds is 5. The monoisotopic (exact) mass is 279 g/mol. The number of nitrogens with zero attached hydrogens (tertiary/aromatic N) is 2. The van der Waals surface area contributed by atoms with E-state index in [1.807, 2.05) is 0 Å². The summed E-state index contributed by atoms with van der Waals surface area (Å²) in [5, 5.41) is 17.0. The summed E-state index contributed by atoms with van der Waals surface area (Å²) in [6.07, 6.45) is 1.47. The van der Waals surface area contributed by atoms with Crippen LogP contribution in [0.2, 0.25) is 0 Å². The van der Waals surface area contributed by atoms with Crippen LogP contribution in [0.4, 0.5) is 5.69 Å². The molecule has 0 radical (unpaired) electrons. The van der Waals surface area contributed by atoms with Gasteiger partial charge in [-0.2, -0.15) is 0 Å². The van der Waals surface area contributed by atoms with Gasteiger partial charge in [0.05, 0.1) is 17.7 Å². The summed E-state index contributed by atoms with van der Waals surface area (Å²) in [7, 11) is 0. The van der Waals surface area contributed by atoms with E-state index in [1.54, 1.807) is 26.0 Å². The Morgan fingerprint density at radius 2 is 2.30 bits per heavy atom. The molecule has 8 nitrogen and oxygen atoms in total. The quantitative estimate of drug-likeness (QED) is 0.663. The van der Waals surface area contributed by atoms with Crippen molar-refractivity contribution < 1.29 is 18.7 Å². The highest BCUT2D eigenvalue weighted by Crippen LogP contribution is 2.29. The first kappa shape index (κ1) is 13.8. The van der Waals surface area contributed by atoms with Crippen LogP contribution in [-0.4, -0.2) is 16.0 Å². The molecule has 0 unspecified atom stereocenters. The highest BCUT2D eigenvalue weighted by atomic mass is 16.6. The number of nitro groups is 1. The zero-order chi connectivity index (χ0) is 14.7. The molecule has 20 heavy (non-hydrogen) atoms. The first-order valence-corrected chi connectivity index (χ1v) is 5.95. The number of carbonyl (C=O) groups is 1. The predicted molar refractivity (Wildman–Crippen MR) is 67.1 cm³/mol. The lowest BCUT2D eigenvalue weighted by Gasteiger charge is -2.00. The van der Waals surface area contributed by atoms with Crippen LogP contribution in [0.25, 0.3) is 0 Å². The van der Waals surface area contributed by atoms with E-state index in [9.17, 15) is 14.9 Å². The van der Waals surface area contributed by atoms with Gasteiger partial charge in [0, 0.05) is 5.92 Å². The first-order valence-electron chi connectivity index (χ1n) is 5.95. The van der Waals surface area contributed by atoms with E-state index < -0.39 is 16.5 Å². The fourth-order valence-corrected chi connectivity index (χ4v) is 1.67. The van der Waals surface area contributed by atoms with Gasteiger partial charge >= 0.3 is 5.69 Å². The normalized spacial score (nSPS) is 10.8. The smallest absolute Gasteiger partial charge is 0.344 e. The molecular formula is C12H13N3O5. The van der Waals surface area contributed by atoms with E-state index in [0.29, 0.717) is 5.76 Å². The molecule has 0 aliphatic carbocycles. The molecule has 0 aromatic carbocycles. The molecule has 1 amide bonds. The van der Waals surface area contributed by atoms with E-state index in [-0.39, 0.29) is 23.9 Å². The summed E-state index contributed by atoms with van der Waals surface area (Å²) in [5.74, 6) is -0.301. The Balaban J connectivity index is 2.19. The maximum absolute atomic E-state index is 11.9. The molecule has 0 fully saturated rings. The molecule has 0 saturated carbocycles.